The molecule has 0 aliphatic carbocycles. The van der Waals surface area contributed by atoms with Gasteiger partial charge >= 0.3 is 123 Å². The number of benzene rings is 1. The third-order valence-electron chi connectivity index (χ3n) is 2.82. The number of carbonyl (C=O) groups is 1. The van der Waals surface area contributed by atoms with Crippen molar-refractivity contribution in [2.24, 2.45) is 0 Å². The minimum absolute atomic E-state index is 0.311. The van der Waals surface area contributed by atoms with Crippen LogP contribution < -0.4 is 4.90 Å². The molecular weight excluding hydrogens is 321 g/mol. The third-order valence-corrected chi connectivity index (χ3v) is 5.32. The average molecular weight is 334 g/mol. The van der Waals surface area contributed by atoms with Crippen LogP contribution in [0.1, 0.15) is 14.9 Å². The number of hydrogen-bond donors (Lipinski definition) is 1. The maximum atomic E-state index is 11.1. The van der Waals surface area contributed by atoms with Gasteiger partial charge in [-0.2, -0.15) is 0 Å². The molecule has 0 saturated heterocycles. The number of nitrogens with zero attached hydrogens (tertiary/aromatic N) is 3. The molecule has 0 bridgehead atoms. The summed E-state index contributed by atoms with van der Waals surface area (Å²) in [7, 11) is 3.77. The molecule has 0 atom stereocenters. The van der Waals surface area contributed by atoms with Gasteiger partial charge in [0.05, 0.1) is 0 Å². The second-order valence-corrected chi connectivity index (χ2v) is 6.54. The van der Waals surface area contributed by atoms with Crippen molar-refractivity contribution in [1.29, 1.82) is 0 Å². The Labute approximate surface area is 123 Å². The number of aryl methyl sites for hydroxylation is 1. The van der Waals surface area contributed by atoms with Crippen molar-refractivity contribution < 1.29 is 9.90 Å². The standard InChI is InChI=1S/C14H13N3O2Se/c1-8-12(14(18)19)20-13(16-8)9-5-6-11(17(3)4)10(7-9)15-2/h5-7H,1,3-4H3,(H,18,19). The van der Waals surface area contributed by atoms with Crippen molar-refractivity contribution in [3.63, 3.8) is 0 Å². The Bertz CT molecular complexity index is 714. The molecule has 0 unspecified atom stereocenters. The monoisotopic (exact) mass is 335 g/mol. The first-order chi connectivity index (χ1) is 9.43. The molecule has 0 aliphatic heterocycles. The van der Waals surface area contributed by atoms with Gasteiger partial charge in [-0.05, 0) is 0 Å². The predicted octanol–water partition coefficient (Wildman–Crippen LogP) is 2.43. The molecule has 1 N–H and O–H groups in total. The molecule has 0 spiro atoms. The fourth-order valence-electron chi connectivity index (χ4n) is 1.84. The summed E-state index contributed by atoms with van der Waals surface area (Å²) in [6.07, 6.45) is 0. The molecule has 20 heavy (non-hydrogen) atoms. The zero-order chi connectivity index (χ0) is 14.9. The van der Waals surface area contributed by atoms with Crippen LogP contribution in [0, 0.1) is 13.5 Å². The van der Waals surface area contributed by atoms with Crippen molar-refractivity contribution in [2.45, 2.75) is 6.92 Å². The van der Waals surface area contributed by atoms with Crippen molar-refractivity contribution >= 4 is 31.8 Å². The molecule has 1 aromatic carbocycles. The van der Waals surface area contributed by atoms with Crippen molar-refractivity contribution in [3.8, 4) is 10.1 Å². The zero-order valence-electron chi connectivity index (χ0n) is 11.3. The van der Waals surface area contributed by atoms with E-state index in [4.69, 9.17) is 11.7 Å². The van der Waals surface area contributed by atoms with Crippen LogP contribution in [0.3, 0.4) is 0 Å². The van der Waals surface area contributed by atoms with E-state index in [0.717, 1.165) is 15.8 Å². The molecule has 1 aromatic heterocycles. The van der Waals surface area contributed by atoms with Gasteiger partial charge in [-0.3, -0.25) is 0 Å². The summed E-state index contributed by atoms with van der Waals surface area (Å²) in [5, 5.41) is 9.10. The van der Waals surface area contributed by atoms with Crippen LogP contribution in [0.2, 0.25) is 0 Å². The molecule has 0 fully saturated rings. The molecule has 6 heteroatoms. The molecule has 0 aliphatic rings. The quantitative estimate of drug-likeness (QED) is 0.692. The second kappa shape index (κ2) is 5.49. The molecule has 102 valence electrons. The number of anilines is 1. The van der Waals surface area contributed by atoms with E-state index in [-0.39, 0.29) is 14.5 Å². The summed E-state index contributed by atoms with van der Waals surface area (Å²) < 4.78 is 1.15. The molecule has 0 amide bonds. The van der Waals surface area contributed by atoms with Crippen LogP contribution in [0.15, 0.2) is 18.2 Å². The fourth-order valence-corrected chi connectivity index (χ4v) is 3.73. The number of rotatable bonds is 3. The number of hydrogen-bond acceptors (Lipinski definition) is 3. The van der Waals surface area contributed by atoms with Gasteiger partial charge in [-0.15, -0.1) is 0 Å². The van der Waals surface area contributed by atoms with E-state index in [1.165, 1.54) is 0 Å². The van der Waals surface area contributed by atoms with Crippen LogP contribution in [0.5, 0.6) is 0 Å². The first-order valence-electron chi connectivity index (χ1n) is 5.84. The van der Waals surface area contributed by atoms with E-state index < -0.39 is 5.97 Å². The summed E-state index contributed by atoms with van der Waals surface area (Å²) in [6, 6.07) is 5.54. The van der Waals surface area contributed by atoms with E-state index in [0.29, 0.717) is 15.8 Å². The summed E-state index contributed by atoms with van der Waals surface area (Å²) in [6.45, 7) is 8.96. The first kappa shape index (κ1) is 14.3. The van der Waals surface area contributed by atoms with E-state index in [1.807, 2.05) is 31.1 Å². The number of carboxylic acids is 1. The van der Waals surface area contributed by atoms with Crippen molar-refractivity contribution in [2.75, 3.05) is 19.0 Å². The summed E-state index contributed by atoms with van der Waals surface area (Å²) in [5.74, 6) is -0.906. The van der Waals surface area contributed by atoms with Crippen LogP contribution >= 0.6 is 0 Å². The number of aromatic nitrogens is 1. The topological polar surface area (TPSA) is 57.8 Å². The first-order valence-corrected chi connectivity index (χ1v) is 7.55. The molecule has 0 radical (unpaired) electrons. The Balaban J connectivity index is 2.52. The summed E-state index contributed by atoms with van der Waals surface area (Å²) in [5.41, 5.74) is 2.79. The van der Waals surface area contributed by atoms with Gasteiger partial charge in [0.1, 0.15) is 0 Å². The van der Waals surface area contributed by atoms with E-state index >= 15 is 0 Å². The van der Waals surface area contributed by atoms with Crippen molar-refractivity contribution in [1.82, 2.24) is 4.98 Å². The van der Waals surface area contributed by atoms with Crippen LogP contribution in [0.25, 0.3) is 15.0 Å². The number of carboxylic acid groups (broad SMARTS) is 1. The Morgan fingerprint density at radius 2 is 2.15 bits per heavy atom. The number of aromatic carboxylic acids is 1. The molecule has 0 saturated carbocycles. The predicted molar refractivity (Wildman–Crippen MR) is 78.9 cm³/mol. The molecular formula is C14H13N3O2Se. The van der Waals surface area contributed by atoms with Crippen LogP contribution in [-0.4, -0.2) is 44.7 Å². The molecule has 5 nitrogen and oxygen atoms in total. The summed E-state index contributed by atoms with van der Waals surface area (Å²) in [4.78, 5) is 20.8. The molecule has 2 aromatic rings. The van der Waals surface area contributed by atoms with Gasteiger partial charge in [0, 0.05) is 0 Å². The van der Waals surface area contributed by atoms with Gasteiger partial charge in [0.25, 0.3) is 0 Å². The Morgan fingerprint density at radius 1 is 1.45 bits per heavy atom. The average Bonchev–Trinajstić information content (AvgIpc) is 2.80. The summed E-state index contributed by atoms with van der Waals surface area (Å²) >= 11 is -0.311. The molecule has 2 rings (SSSR count). The van der Waals surface area contributed by atoms with Crippen LogP contribution in [0.4, 0.5) is 11.4 Å². The van der Waals surface area contributed by atoms with Gasteiger partial charge in [-0.25, -0.2) is 0 Å². The van der Waals surface area contributed by atoms with E-state index in [2.05, 4.69) is 9.83 Å². The van der Waals surface area contributed by atoms with E-state index in [1.54, 1.807) is 13.0 Å². The maximum absolute atomic E-state index is 11.1. The van der Waals surface area contributed by atoms with Gasteiger partial charge in [-0.1, -0.05) is 0 Å². The zero-order valence-corrected chi connectivity index (χ0v) is 13.1. The third kappa shape index (κ3) is 2.60. The fraction of sp³-hybridized carbons (Fsp3) is 0.214. The molecule has 1 heterocycles. The van der Waals surface area contributed by atoms with Crippen molar-refractivity contribution in [3.05, 3.63) is 39.7 Å². The second-order valence-electron chi connectivity index (χ2n) is 4.45. The Morgan fingerprint density at radius 3 is 2.65 bits per heavy atom. The Kier molecular flexibility index (Phi) is 3.93. The van der Waals surface area contributed by atoms with Gasteiger partial charge in [0.15, 0.2) is 0 Å². The SMILES string of the molecule is [C-]#[N+]c1cc(-c2nc(C)c(C(=O)O)[se]2)ccc1N(C)C. The Hall–Kier alpha value is -2.09. The van der Waals surface area contributed by atoms with Crippen LogP contribution in [-0.2, 0) is 0 Å². The van der Waals surface area contributed by atoms with E-state index in [9.17, 15) is 4.79 Å². The van der Waals surface area contributed by atoms with Gasteiger partial charge < -0.3 is 0 Å². The minimum atomic E-state index is -0.906. The van der Waals surface area contributed by atoms with Gasteiger partial charge in [0.2, 0.25) is 0 Å². The normalized spacial score (nSPS) is 10.1.